The molecule has 1 aromatic heterocycles. The summed E-state index contributed by atoms with van der Waals surface area (Å²) in [6, 6.07) is 4.19. The molecule has 74 valence electrons. The van der Waals surface area contributed by atoms with Crippen LogP contribution in [0.2, 0.25) is 0 Å². The molecule has 0 atom stereocenters. The van der Waals surface area contributed by atoms with E-state index in [1.807, 2.05) is 6.07 Å². The SMILES string of the molecule is OCc1cc(CBr)cc2scc(Br)c12. The van der Waals surface area contributed by atoms with Crippen molar-refractivity contribution >= 4 is 53.3 Å². The van der Waals surface area contributed by atoms with Crippen molar-refractivity contribution in [3.8, 4) is 0 Å². The van der Waals surface area contributed by atoms with E-state index in [9.17, 15) is 5.11 Å². The first-order valence-electron chi connectivity index (χ1n) is 4.11. The second-order valence-electron chi connectivity index (χ2n) is 3.00. The minimum absolute atomic E-state index is 0.0900. The third-order valence-corrected chi connectivity index (χ3v) is 4.60. The zero-order chi connectivity index (χ0) is 10.1. The van der Waals surface area contributed by atoms with E-state index in [1.54, 1.807) is 11.3 Å². The highest BCUT2D eigenvalue weighted by Gasteiger charge is 2.08. The van der Waals surface area contributed by atoms with Crippen LogP contribution in [0, 0.1) is 0 Å². The first kappa shape index (κ1) is 10.6. The van der Waals surface area contributed by atoms with E-state index in [0.29, 0.717) is 0 Å². The molecule has 1 aromatic carbocycles. The third-order valence-electron chi connectivity index (χ3n) is 2.10. The lowest BCUT2D eigenvalue weighted by Gasteiger charge is -2.03. The van der Waals surface area contributed by atoms with Gasteiger partial charge < -0.3 is 5.11 Å². The molecular formula is C10H8Br2OS. The Morgan fingerprint density at radius 3 is 2.79 bits per heavy atom. The van der Waals surface area contributed by atoms with Gasteiger partial charge in [0.25, 0.3) is 0 Å². The molecule has 1 nitrogen and oxygen atoms in total. The van der Waals surface area contributed by atoms with Crippen LogP contribution < -0.4 is 0 Å². The number of alkyl halides is 1. The van der Waals surface area contributed by atoms with Gasteiger partial charge in [0, 0.05) is 25.3 Å². The summed E-state index contributed by atoms with van der Waals surface area (Å²) in [7, 11) is 0. The second-order valence-corrected chi connectivity index (χ2v) is 5.33. The highest BCUT2D eigenvalue weighted by Crippen LogP contribution is 2.34. The lowest BCUT2D eigenvalue weighted by molar-refractivity contribution is 0.283. The molecule has 14 heavy (non-hydrogen) atoms. The lowest BCUT2D eigenvalue weighted by atomic mass is 10.1. The molecule has 2 aromatic rings. The summed E-state index contributed by atoms with van der Waals surface area (Å²) < 4.78 is 2.29. The number of hydrogen-bond acceptors (Lipinski definition) is 2. The van der Waals surface area contributed by atoms with E-state index < -0.39 is 0 Å². The number of thiophene rings is 1. The van der Waals surface area contributed by atoms with Crippen LogP contribution in [0.25, 0.3) is 10.1 Å². The first-order chi connectivity index (χ1) is 6.76. The molecule has 0 saturated carbocycles. The zero-order valence-corrected chi connectivity index (χ0v) is 11.2. The molecule has 0 saturated heterocycles. The Labute approximate surface area is 103 Å². The smallest absolute Gasteiger partial charge is 0.0688 e. The molecule has 4 heteroatoms. The summed E-state index contributed by atoms with van der Waals surface area (Å²) in [5.74, 6) is 0. The molecular weight excluding hydrogens is 328 g/mol. The number of rotatable bonds is 2. The normalized spacial score (nSPS) is 11.1. The van der Waals surface area contributed by atoms with Crippen LogP contribution in [0.15, 0.2) is 22.0 Å². The van der Waals surface area contributed by atoms with Crippen LogP contribution in [0.1, 0.15) is 11.1 Å². The van der Waals surface area contributed by atoms with E-state index in [2.05, 4.69) is 43.3 Å². The number of halogens is 2. The molecule has 0 spiro atoms. The lowest BCUT2D eigenvalue weighted by Crippen LogP contribution is -1.87. The van der Waals surface area contributed by atoms with Crippen LogP contribution in [-0.4, -0.2) is 5.11 Å². The number of benzene rings is 1. The average Bonchev–Trinajstić information content (AvgIpc) is 2.59. The van der Waals surface area contributed by atoms with Gasteiger partial charge in [-0.2, -0.15) is 0 Å². The summed E-state index contributed by atoms with van der Waals surface area (Å²) in [6.45, 7) is 0.0900. The Balaban J connectivity index is 2.76. The van der Waals surface area contributed by atoms with E-state index in [-0.39, 0.29) is 6.61 Å². The van der Waals surface area contributed by atoms with Gasteiger partial charge in [-0.15, -0.1) is 11.3 Å². The van der Waals surface area contributed by atoms with Crippen LogP contribution >= 0.6 is 43.2 Å². The van der Waals surface area contributed by atoms with Gasteiger partial charge in [0.05, 0.1) is 6.61 Å². The average molecular weight is 336 g/mol. The van der Waals surface area contributed by atoms with Gasteiger partial charge in [-0.1, -0.05) is 22.0 Å². The molecule has 0 aliphatic carbocycles. The van der Waals surface area contributed by atoms with Crippen LogP contribution in [-0.2, 0) is 11.9 Å². The fourth-order valence-corrected chi connectivity index (χ4v) is 3.61. The molecule has 0 amide bonds. The number of aliphatic hydroxyl groups is 1. The van der Waals surface area contributed by atoms with Gasteiger partial charge in [0.15, 0.2) is 0 Å². The Morgan fingerprint density at radius 1 is 1.36 bits per heavy atom. The Bertz CT molecular complexity index is 464. The maximum atomic E-state index is 9.27. The molecule has 0 bridgehead atoms. The standard InChI is InChI=1S/C10H8Br2OS/c11-3-6-1-7(4-13)10-8(12)5-14-9(10)2-6/h1-2,5,13H,3-4H2. The monoisotopic (exact) mass is 334 g/mol. The first-order valence-corrected chi connectivity index (χ1v) is 6.91. The molecule has 0 unspecified atom stereocenters. The molecule has 1 N–H and O–H groups in total. The molecule has 1 heterocycles. The minimum Gasteiger partial charge on any atom is -0.392 e. The van der Waals surface area contributed by atoms with Crippen molar-refractivity contribution in [2.45, 2.75) is 11.9 Å². The van der Waals surface area contributed by atoms with Gasteiger partial charge in [0.1, 0.15) is 0 Å². The van der Waals surface area contributed by atoms with Gasteiger partial charge in [-0.3, -0.25) is 0 Å². The van der Waals surface area contributed by atoms with Crippen molar-refractivity contribution < 1.29 is 5.11 Å². The number of hydrogen-bond donors (Lipinski definition) is 1. The topological polar surface area (TPSA) is 20.2 Å². The van der Waals surface area contributed by atoms with Crippen LogP contribution in [0.5, 0.6) is 0 Å². The quantitative estimate of drug-likeness (QED) is 0.821. The number of fused-ring (bicyclic) bond motifs is 1. The Morgan fingerprint density at radius 2 is 2.14 bits per heavy atom. The van der Waals surface area contributed by atoms with E-state index in [4.69, 9.17) is 0 Å². The van der Waals surface area contributed by atoms with Crippen molar-refractivity contribution in [2.24, 2.45) is 0 Å². The minimum atomic E-state index is 0.0900. The molecule has 0 fully saturated rings. The van der Waals surface area contributed by atoms with Crippen molar-refractivity contribution in [2.75, 3.05) is 0 Å². The van der Waals surface area contributed by atoms with Crippen molar-refractivity contribution in [3.63, 3.8) is 0 Å². The summed E-state index contributed by atoms with van der Waals surface area (Å²) >= 11 is 8.61. The zero-order valence-electron chi connectivity index (χ0n) is 7.26. The predicted octanol–water partition coefficient (Wildman–Crippen LogP) is 4.05. The maximum absolute atomic E-state index is 9.27. The third kappa shape index (κ3) is 1.76. The second kappa shape index (κ2) is 4.31. The van der Waals surface area contributed by atoms with Crippen LogP contribution in [0.4, 0.5) is 0 Å². The van der Waals surface area contributed by atoms with Crippen molar-refractivity contribution in [1.82, 2.24) is 0 Å². The van der Waals surface area contributed by atoms with Gasteiger partial charge >= 0.3 is 0 Å². The molecule has 2 rings (SSSR count). The molecule has 0 aliphatic heterocycles. The van der Waals surface area contributed by atoms with Crippen molar-refractivity contribution in [3.05, 3.63) is 33.1 Å². The number of aliphatic hydroxyl groups excluding tert-OH is 1. The van der Waals surface area contributed by atoms with Gasteiger partial charge in [0.2, 0.25) is 0 Å². The molecule has 0 aliphatic rings. The summed E-state index contributed by atoms with van der Waals surface area (Å²) in [5, 5.41) is 13.3. The fourth-order valence-electron chi connectivity index (χ4n) is 1.48. The summed E-state index contributed by atoms with van der Waals surface area (Å²) in [6.07, 6.45) is 0. The van der Waals surface area contributed by atoms with E-state index in [0.717, 1.165) is 20.8 Å². The fraction of sp³-hybridized carbons (Fsp3) is 0.200. The van der Waals surface area contributed by atoms with E-state index in [1.165, 1.54) is 10.3 Å². The highest BCUT2D eigenvalue weighted by atomic mass is 79.9. The van der Waals surface area contributed by atoms with Gasteiger partial charge in [-0.25, -0.2) is 0 Å². The summed E-state index contributed by atoms with van der Waals surface area (Å²) in [4.78, 5) is 0. The predicted molar refractivity (Wildman–Crippen MR) is 68.1 cm³/mol. The maximum Gasteiger partial charge on any atom is 0.0688 e. The van der Waals surface area contributed by atoms with E-state index >= 15 is 0 Å². The molecule has 0 radical (unpaired) electrons. The largest absolute Gasteiger partial charge is 0.392 e. The van der Waals surface area contributed by atoms with Crippen LogP contribution in [0.3, 0.4) is 0 Å². The highest BCUT2D eigenvalue weighted by molar-refractivity contribution is 9.10. The van der Waals surface area contributed by atoms with Crippen molar-refractivity contribution in [1.29, 1.82) is 0 Å². The van der Waals surface area contributed by atoms with Gasteiger partial charge in [-0.05, 0) is 33.1 Å². The summed E-state index contributed by atoms with van der Waals surface area (Å²) in [5.41, 5.74) is 2.20. The Hall–Kier alpha value is 0.1000. The Kier molecular flexibility index (Phi) is 3.27.